The maximum absolute atomic E-state index is 13.4. The molecule has 0 saturated heterocycles. The van der Waals surface area contributed by atoms with Crippen LogP contribution in [0.15, 0.2) is 30.6 Å². The number of benzene rings is 1. The molecule has 1 unspecified atom stereocenters. The standard InChI is InChI=1S/C23H23F3N6O/c1-12-21-18(31(2)22(15-3-4-15)23(33)30-21)7-19(29-12)27-8-14-9-28-32(11-14)10-13-5-16(24)20(26)17(25)6-13/h5-7,9,11,15,22H,3-4,8,10H2,1-2H3,(H,27,29)(H,30,33). The fraction of sp³-hybridized carbons (Fsp3) is 0.348. The molecule has 7 nitrogen and oxygen atoms in total. The molecule has 1 amide bonds. The van der Waals surface area contributed by atoms with Crippen molar-refractivity contribution in [2.45, 2.75) is 38.9 Å². The van der Waals surface area contributed by atoms with Crippen LogP contribution < -0.4 is 15.5 Å². The van der Waals surface area contributed by atoms with Gasteiger partial charge in [0.25, 0.3) is 0 Å². The van der Waals surface area contributed by atoms with Gasteiger partial charge >= 0.3 is 0 Å². The van der Waals surface area contributed by atoms with E-state index in [1.807, 2.05) is 24.9 Å². The van der Waals surface area contributed by atoms with Crippen LogP contribution in [-0.4, -0.2) is 33.8 Å². The molecule has 2 N–H and O–H groups in total. The van der Waals surface area contributed by atoms with Gasteiger partial charge in [-0.05, 0) is 43.4 Å². The molecule has 0 radical (unpaired) electrons. The molecule has 1 fully saturated rings. The van der Waals surface area contributed by atoms with Crippen molar-refractivity contribution in [3.05, 3.63) is 64.9 Å². The van der Waals surface area contributed by atoms with Crippen LogP contribution >= 0.6 is 0 Å². The van der Waals surface area contributed by atoms with E-state index in [0.29, 0.717) is 18.3 Å². The molecule has 3 heterocycles. The summed E-state index contributed by atoms with van der Waals surface area (Å²) in [6, 6.07) is 3.68. The second kappa shape index (κ2) is 8.09. The summed E-state index contributed by atoms with van der Waals surface area (Å²) in [5.74, 6) is -2.85. The van der Waals surface area contributed by atoms with Crippen molar-refractivity contribution in [3.8, 4) is 0 Å². The number of carbonyl (C=O) groups excluding carboxylic acids is 1. The lowest BCUT2D eigenvalue weighted by molar-refractivity contribution is -0.118. The normalized spacial score (nSPS) is 17.7. The number of fused-ring (bicyclic) bond motifs is 1. The van der Waals surface area contributed by atoms with Gasteiger partial charge in [-0.1, -0.05) is 0 Å². The minimum absolute atomic E-state index is 0.0199. The van der Waals surface area contributed by atoms with Crippen LogP contribution in [0.25, 0.3) is 0 Å². The first-order valence-electron chi connectivity index (χ1n) is 10.7. The van der Waals surface area contributed by atoms with Crippen molar-refractivity contribution in [2.24, 2.45) is 5.92 Å². The number of nitrogens with one attached hydrogen (secondary N) is 2. The Morgan fingerprint density at radius 1 is 1.15 bits per heavy atom. The quantitative estimate of drug-likeness (QED) is 0.552. The average molecular weight is 456 g/mol. The van der Waals surface area contributed by atoms with Crippen LogP contribution in [0.4, 0.5) is 30.4 Å². The lowest BCUT2D eigenvalue weighted by Gasteiger charge is -2.36. The molecule has 3 aromatic rings. The summed E-state index contributed by atoms with van der Waals surface area (Å²) in [4.78, 5) is 19.1. The van der Waals surface area contributed by atoms with Crippen molar-refractivity contribution in [2.75, 3.05) is 22.6 Å². The molecule has 1 aliphatic carbocycles. The highest BCUT2D eigenvalue weighted by atomic mass is 19.2. The molecule has 1 atom stereocenters. The molecule has 1 saturated carbocycles. The number of anilines is 3. The van der Waals surface area contributed by atoms with E-state index in [0.717, 1.165) is 47.6 Å². The number of aryl methyl sites for hydroxylation is 1. The van der Waals surface area contributed by atoms with E-state index in [1.54, 1.807) is 12.4 Å². The molecule has 0 spiro atoms. The van der Waals surface area contributed by atoms with E-state index in [1.165, 1.54) is 4.68 Å². The van der Waals surface area contributed by atoms with E-state index in [2.05, 4.69) is 20.7 Å². The number of aromatic nitrogens is 3. The van der Waals surface area contributed by atoms with Crippen LogP contribution in [0.1, 0.15) is 29.7 Å². The molecular weight excluding hydrogens is 433 g/mol. The summed E-state index contributed by atoms with van der Waals surface area (Å²) in [6.45, 7) is 2.39. The summed E-state index contributed by atoms with van der Waals surface area (Å²) in [6.07, 6.45) is 5.51. The van der Waals surface area contributed by atoms with Crippen LogP contribution in [0.2, 0.25) is 0 Å². The summed E-state index contributed by atoms with van der Waals surface area (Å²) < 4.78 is 41.6. The Kier molecular flexibility index (Phi) is 5.22. The van der Waals surface area contributed by atoms with Crippen molar-refractivity contribution >= 4 is 23.1 Å². The Balaban J connectivity index is 1.28. The predicted octanol–water partition coefficient (Wildman–Crippen LogP) is 3.83. The number of halogens is 3. The lowest BCUT2D eigenvalue weighted by atomic mass is 10.0. The summed E-state index contributed by atoms with van der Waals surface area (Å²) in [5.41, 5.74) is 3.50. The average Bonchev–Trinajstić information content (AvgIpc) is 3.50. The first-order chi connectivity index (χ1) is 15.8. The first kappa shape index (κ1) is 21.3. The highest BCUT2D eigenvalue weighted by molar-refractivity contribution is 6.04. The van der Waals surface area contributed by atoms with E-state index in [9.17, 15) is 18.0 Å². The maximum atomic E-state index is 13.4. The Morgan fingerprint density at radius 2 is 1.88 bits per heavy atom. The molecular formula is C23H23F3N6O. The Morgan fingerprint density at radius 3 is 2.58 bits per heavy atom. The van der Waals surface area contributed by atoms with Gasteiger partial charge in [-0.3, -0.25) is 9.48 Å². The minimum Gasteiger partial charge on any atom is -0.366 e. The zero-order valence-corrected chi connectivity index (χ0v) is 18.2. The third-order valence-electron chi connectivity index (χ3n) is 6.11. The van der Waals surface area contributed by atoms with Gasteiger partial charge < -0.3 is 15.5 Å². The lowest BCUT2D eigenvalue weighted by Crippen LogP contribution is -2.47. The topological polar surface area (TPSA) is 75.1 Å². The molecule has 33 heavy (non-hydrogen) atoms. The Hall–Kier alpha value is -3.56. The van der Waals surface area contributed by atoms with E-state index < -0.39 is 17.5 Å². The van der Waals surface area contributed by atoms with Gasteiger partial charge in [0.1, 0.15) is 11.9 Å². The van der Waals surface area contributed by atoms with Crippen LogP contribution in [-0.2, 0) is 17.9 Å². The molecule has 0 bridgehead atoms. The highest BCUT2D eigenvalue weighted by Crippen LogP contribution is 2.43. The van der Waals surface area contributed by atoms with Gasteiger partial charge in [-0.2, -0.15) is 5.10 Å². The number of rotatable bonds is 6. The Labute approximate surface area is 188 Å². The molecule has 172 valence electrons. The fourth-order valence-electron chi connectivity index (χ4n) is 4.31. The van der Waals surface area contributed by atoms with E-state index >= 15 is 0 Å². The maximum Gasteiger partial charge on any atom is 0.247 e. The number of likely N-dealkylation sites (N-methyl/N-ethyl adjacent to an activating group) is 1. The SMILES string of the molecule is Cc1nc(NCc2cnn(Cc3cc(F)c(F)c(F)c3)c2)cc2c1NC(=O)C(C1CC1)N2C. The third-order valence-corrected chi connectivity index (χ3v) is 6.11. The second-order valence-electron chi connectivity index (χ2n) is 8.64. The fourth-order valence-corrected chi connectivity index (χ4v) is 4.31. The Bertz CT molecular complexity index is 1220. The van der Waals surface area contributed by atoms with Gasteiger partial charge in [0.2, 0.25) is 5.91 Å². The summed E-state index contributed by atoms with van der Waals surface area (Å²) in [7, 11) is 1.94. The van der Waals surface area contributed by atoms with Gasteiger partial charge in [-0.15, -0.1) is 0 Å². The second-order valence-corrected chi connectivity index (χ2v) is 8.64. The van der Waals surface area contributed by atoms with Crippen LogP contribution in [0, 0.1) is 30.3 Å². The van der Waals surface area contributed by atoms with Gasteiger partial charge in [0, 0.05) is 31.4 Å². The molecule has 5 rings (SSSR count). The zero-order valence-electron chi connectivity index (χ0n) is 18.2. The highest BCUT2D eigenvalue weighted by Gasteiger charge is 2.42. The van der Waals surface area contributed by atoms with Crippen molar-refractivity contribution in [1.82, 2.24) is 14.8 Å². The molecule has 2 aliphatic rings. The first-order valence-corrected chi connectivity index (χ1v) is 10.7. The van der Waals surface area contributed by atoms with Crippen molar-refractivity contribution in [3.63, 3.8) is 0 Å². The van der Waals surface area contributed by atoms with Crippen LogP contribution in [0.3, 0.4) is 0 Å². The predicted molar refractivity (Wildman–Crippen MR) is 117 cm³/mol. The molecule has 10 heteroatoms. The zero-order chi connectivity index (χ0) is 23.3. The monoisotopic (exact) mass is 456 g/mol. The number of hydrogen-bond acceptors (Lipinski definition) is 5. The number of carbonyl (C=O) groups is 1. The van der Waals surface area contributed by atoms with Crippen molar-refractivity contribution < 1.29 is 18.0 Å². The number of hydrogen-bond donors (Lipinski definition) is 2. The van der Waals surface area contributed by atoms with Gasteiger partial charge in [-0.25, -0.2) is 18.2 Å². The molecule has 2 aromatic heterocycles. The number of pyridine rings is 1. The number of nitrogens with zero attached hydrogens (tertiary/aromatic N) is 4. The smallest absolute Gasteiger partial charge is 0.247 e. The van der Waals surface area contributed by atoms with E-state index in [-0.39, 0.29) is 24.1 Å². The van der Waals surface area contributed by atoms with Gasteiger partial charge in [0.15, 0.2) is 17.5 Å². The van der Waals surface area contributed by atoms with Crippen molar-refractivity contribution in [1.29, 1.82) is 0 Å². The van der Waals surface area contributed by atoms with Crippen LogP contribution in [0.5, 0.6) is 0 Å². The summed E-state index contributed by atoms with van der Waals surface area (Å²) >= 11 is 0. The van der Waals surface area contributed by atoms with Gasteiger partial charge in [0.05, 0.1) is 29.8 Å². The van der Waals surface area contributed by atoms with E-state index in [4.69, 9.17) is 0 Å². The largest absolute Gasteiger partial charge is 0.366 e. The number of amides is 1. The summed E-state index contributed by atoms with van der Waals surface area (Å²) in [5, 5.41) is 10.5. The molecule has 1 aromatic carbocycles. The minimum atomic E-state index is -1.48. The third kappa shape index (κ3) is 4.12. The molecule has 1 aliphatic heterocycles.